The van der Waals surface area contributed by atoms with Crippen LogP contribution in [0.4, 0.5) is 0 Å². The van der Waals surface area contributed by atoms with Crippen LogP contribution in [0, 0.1) is 19.8 Å². The van der Waals surface area contributed by atoms with Gasteiger partial charge in [0, 0.05) is 12.2 Å². The van der Waals surface area contributed by atoms with Crippen LogP contribution in [0.15, 0.2) is 12.1 Å². The van der Waals surface area contributed by atoms with Gasteiger partial charge in [0.1, 0.15) is 17.3 Å². The SMILES string of the molecule is Cc1cc(C(N)=S)cc(C)c1OCCOCC(C)C. The van der Waals surface area contributed by atoms with E-state index in [0.29, 0.717) is 24.1 Å². The average Bonchev–Trinajstić information content (AvgIpc) is 2.30. The van der Waals surface area contributed by atoms with Crippen molar-refractivity contribution in [2.45, 2.75) is 27.7 Å². The van der Waals surface area contributed by atoms with Gasteiger partial charge < -0.3 is 15.2 Å². The highest BCUT2D eigenvalue weighted by Crippen LogP contribution is 2.24. The van der Waals surface area contributed by atoms with E-state index in [9.17, 15) is 0 Å². The maximum Gasteiger partial charge on any atom is 0.125 e. The van der Waals surface area contributed by atoms with Crippen LogP contribution in [-0.2, 0) is 4.74 Å². The fourth-order valence-corrected chi connectivity index (χ4v) is 1.96. The lowest BCUT2D eigenvalue weighted by Gasteiger charge is -2.14. The van der Waals surface area contributed by atoms with Crippen molar-refractivity contribution in [3.63, 3.8) is 0 Å². The summed E-state index contributed by atoms with van der Waals surface area (Å²) in [6, 6.07) is 3.92. The summed E-state index contributed by atoms with van der Waals surface area (Å²) in [4.78, 5) is 0.415. The lowest BCUT2D eigenvalue weighted by Crippen LogP contribution is -2.13. The van der Waals surface area contributed by atoms with Crippen molar-refractivity contribution in [1.82, 2.24) is 0 Å². The summed E-state index contributed by atoms with van der Waals surface area (Å²) in [7, 11) is 0. The molecule has 0 radical (unpaired) electrons. The minimum Gasteiger partial charge on any atom is -0.491 e. The number of benzene rings is 1. The third-order valence-electron chi connectivity index (χ3n) is 2.67. The Bertz CT molecular complexity index is 421. The Balaban J connectivity index is 2.57. The largest absolute Gasteiger partial charge is 0.491 e. The van der Waals surface area contributed by atoms with Crippen LogP contribution in [-0.4, -0.2) is 24.8 Å². The molecule has 0 aliphatic heterocycles. The minimum absolute atomic E-state index is 0.415. The molecule has 4 heteroatoms. The Morgan fingerprint density at radius 3 is 2.26 bits per heavy atom. The third-order valence-corrected chi connectivity index (χ3v) is 2.91. The summed E-state index contributed by atoms with van der Waals surface area (Å²) in [5.74, 6) is 1.45. The van der Waals surface area contributed by atoms with Crippen molar-refractivity contribution >= 4 is 17.2 Å². The van der Waals surface area contributed by atoms with Crippen molar-refractivity contribution in [1.29, 1.82) is 0 Å². The van der Waals surface area contributed by atoms with Crippen molar-refractivity contribution in [2.24, 2.45) is 11.7 Å². The normalized spacial score (nSPS) is 10.8. The number of ether oxygens (including phenoxy) is 2. The topological polar surface area (TPSA) is 44.5 Å². The predicted molar refractivity (Wildman–Crippen MR) is 83.0 cm³/mol. The maximum absolute atomic E-state index is 5.78. The van der Waals surface area contributed by atoms with Crippen LogP contribution >= 0.6 is 12.2 Å². The highest BCUT2D eigenvalue weighted by atomic mass is 32.1. The Hall–Kier alpha value is -1.13. The summed E-state index contributed by atoms with van der Waals surface area (Å²) in [5, 5.41) is 0. The van der Waals surface area contributed by atoms with E-state index in [1.54, 1.807) is 0 Å². The second kappa shape index (κ2) is 7.46. The van der Waals surface area contributed by atoms with E-state index in [1.165, 1.54) is 0 Å². The number of aryl methyl sites for hydroxylation is 2. The van der Waals surface area contributed by atoms with Crippen molar-refractivity contribution in [3.05, 3.63) is 28.8 Å². The van der Waals surface area contributed by atoms with Crippen molar-refractivity contribution < 1.29 is 9.47 Å². The van der Waals surface area contributed by atoms with E-state index in [1.807, 2.05) is 26.0 Å². The maximum atomic E-state index is 5.78. The van der Waals surface area contributed by atoms with Crippen LogP contribution in [0.25, 0.3) is 0 Å². The molecule has 0 aliphatic carbocycles. The van der Waals surface area contributed by atoms with Gasteiger partial charge in [-0.3, -0.25) is 0 Å². The van der Waals surface area contributed by atoms with Gasteiger partial charge in [0.15, 0.2) is 0 Å². The minimum atomic E-state index is 0.415. The van der Waals surface area contributed by atoms with Crippen LogP contribution < -0.4 is 10.5 Å². The number of rotatable bonds is 7. The van der Waals surface area contributed by atoms with Gasteiger partial charge in [0.25, 0.3) is 0 Å². The molecule has 0 spiro atoms. The Morgan fingerprint density at radius 2 is 1.79 bits per heavy atom. The number of thiocarbonyl (C=S) groups is 1. The smallest absolute Gasteiger partial charge is 0.125 e. The molecule has 0 fully saturated rings. The first kappa shape index (κ1) is 15.9. The van der Waals surface area contributed by atoms with E-state index in [-0.39, 0.29) is 0 Å². The Kier molecular flexibility index (Phi) is 6.25. The summed E-state index contributed by atoms with van der Waals surface area (Å²) in [6.07, 6.45) is 0. The predicted octanol–water partition coefficient (Wildman–Crippen LogP) is 2.99. The molecular weight excluding hydrogens is 258 g/mol. The number of hydrogen-bond donors (Lipinski definition) is 1. The third kappa shape index (κ3) is 5.17. The van der Waals surface area contributed by atoms with E-state index in [4.69, 9.17) is 27.4 Å². The highest BCUT2D eigenvalue weighted by molar-refractivity contribution is 7.80. The van der Waals surface area contributed by atoms with Crippen LogP contribution in [0.2, 0.25) is 0 Å². The van der Waals surface area contributed by atoms with Crippen LogP contribution in [0.3, 0.4) is 0 Å². The van der Waals surface area contributed by atoms with E-state index in [2.05, 4.69) is 13.8 Å². The summed E-state index contributed by atoms with van der Waals surface area (Å²) in [6.45, 7) is 10.2. The fourth-order valence-electron chi connectivity index (χ4n) is 1.84. The summed E-state index contributed by atoms with van der Waals surface area (Å²) >= 11 is 4.99. The van der Waals surface area contributed by atoms with Gasteiger partial charge in [0.05, 0.1) is 6.61 Å². The molecule has 106 valence electrons. The van der Waals surface area contributed by atoms with Gasteiger partial charge in [0.2, 0.25) is 0 Å². The zero-order valence-corrected chi connectivity index (χ0v) is 13.0. The molecular formula is C15H23NO2S. The number of nitrogens with two attached hydrogens (primary N) is 1. The Morgan fingerprint density at radius 1 is 1.21 bits per heavy atom. The number of hydrogen-bond acceptors (Lipinski definition) is 3. The first-order chi connectivity index (χ1) is 8.91. The van der Waals surface area contributed by atoms with Gasteiger partial charge in [-0.15, -0.1) is 0 Å². The molecule has 19 heavy (non-hydrogen) atoms. The molecule has 0 saturated carbocycles. The molecule has 0 saturated heterocycles. The monoisotopic (exact) mass is 281 g/mol. The highest BCUT2D eigenvalue weighted by Gasteiger charge is 2.08. The molecule has 2 N–H and O–H groups in total. The zero-order valence-electron chi connectivity index (χ0n) is 12.2. The standard InChI is InChI=1S/C15H23NO2S/c1-10(2)9-17-5-6-18-14-11(3)7-13(15(16)19)8-12(14)4/h7-8,10H,5-6,9H2,1-4H3,(H2,16,19). The van der Waals surface area contributed by atoms with E-state index < -0.39 is 0 Å². The molecule has 0 atom stereocenters. The van der Waals surface area contributed by atoms with Crippen LogP contribution in [0.5, 0.6) is 5.75 Å². The second-order valence-electron chi connectivity index (χ2n) is 5.12. The van der Waals surface area contributed by atoms with E-state index >= 15 is 0 Å². The lowest BCUT2D eigenvalue weighted by atomic mass is 10.1. The summed E-state index contributed by atoms with van der Waals surface area (Å²) < 4.78 is 11.3. The molecule has 0 amide bonds. The fraction of sp³-hybridized carbons (Fsp3) is 0.533. The van der Waals surface area contributed by atoms with Crippen molar-refractivity contribution in [3.8, 4) is 5.75 Å². The average molecular weight is 281 g/mol. The zero-order chi connectivity index (χ0) is 14.4. The van der Waals surface area contributed by atoms with Crippen LogP contribution in [0.1, 0.15) is 30.5 Å². The molecule has 0 aliphatic rings. The first-order valence-electron chi connectivity index (χ1n) is 6.53. The molecule has 1 aromatic rings. The van der Waals surface area contributed by atoms with Gasteiger partial charge >= 0.3 is 0 Å². The first-order valence-corrected chi connectivity index (χ1v) is 6.94. The quantitative estimate of drug-likeness (QED) is 0.616. The lowest BCUT2D eigenvalue weighted by molar-refractivity contribution is 0.0815. The van der Waals surface area contributed by atoms with Gasteiger partial charge in [-0.25, -0.2) is 0 Å². The molecule has 1 rings (SSSR count). The molecule has 0 aromatic heterocycles. The molecule has 0 bridgehead atoms. The van der Waals surface area contributed by atoms with Gasteiger partial charge in [-0.05, 0) is 43.0 Å². The molecule has 1 aromatic carbocycles. The van der Waals surface area contributed by atoms with E-state index in [0.717, 1.165) is 29.0 Å². The van der Waals surface area contributed by atoms with Gasteiger partial charge in [-0.2, -0.15) is 0 Å². The Labute approximate surface area is 121 Å². The second-order valence-corrected chi connectivity index (χ2v) is 5.56. The molecule has 0 heterocycles. The van der Waals surface area contributed by atoms with Gasteiger partial charge in [-0.1, -0.05) is 26.1 Å². The van der Waals surface area contributed by atoms with Crippen molar-refractivity contribution in [2.75, 3.05) is 19.8 Å². The summed E-state index contributed by atoms with van der Waals surface area (Å²) in [5.41, 5.74) is 8.62. The molecule has 0 unspecified atom stereocenters. The molecule has 3 nitrogen and oxygen atoms in total.